The lowest BCUT2D eigenvalue weighted by Gasteiger charge is -2.07. The molecule has 0 aliphatic rings. The van der Waals surface area contributed by atoms with Gasteiger partial charge in [0.15, 0.2) is 0 Å². The minimum atomic E-state index is -1.17. The molecule has 0 aliphatic carbocycles. The second-order valence-electron chi connectivity index (χ2n) is 5.28. The van der Waals surface area contributed by atoms with Gasteiger partial charge in [0.05, 0.1) is 10.6 Å². The first-order valence-corrected chi connectivity index (χ1v) is 7.71. The summed E-state index contributed by atoms with van der Waals surface area (Å²) in [7, 11) is 0. The summed E-state index contributed by atoms with van der Waals surface area (Å²) in [5, 5.41) is 15.8. The molecule has 0 unspecified atom stereocenters. The van der Waals surface area contributed by atoms with Crippen molar-refractivity contribution in [3.8, 4) is 11.3 Å². The lowest BCUT2D eigenvalue weighted by molar-refractivity contribution is 0.0696. The fourth-order valence-corrected chi connectivity index (χ4v) is 2.59. The van der Waals surface area contributed by atoms with Gasteiger partial charge in [-0.2, -0.15) is 0 Å². The Morgan fingerprint density at radius 3 is 2.56 bits per heavy atom. The molecule has 1 aromatic heterocycles. The van der Waals surface area contributed by atoms with Gasteiger partial charge in [-0.25, -0.2) is 4.79 Å². The minimum absolute atomic E-state index is 0.0928. The van der Waals surface area contributed by atoms with Gasteiger partial charge in [-0.1, -0.05) is 47.1 Å². The fraction of sp³-hybridized carbons (Fsp3) is 0.0556. The van der Waals surface area contributed by atoms with E-state index >= 15 is 0 Å². The molecule has 126 valence electrons. The average molecular weight is 357 g/mol. The molecule has 2 aromatic carbocycles. The van der Waals surface area contributed by atoms with E-state index in [0.717, 1.165) is 5.56 Å². The van der Waals surface area contributed by atoms with Crippen molar-refractivity contribution in [2.75, 3.05) is 5.32 Å². The van der Waals surface area contributed by atoms with Gasteiger partial charge >= 0.3 is 5.97 Å². The number of carbonyl (C=O) groups excluding carboxylic acids is 1. The fourth-order valence-electron chi connectivity index (χ4n) is 2.39. The Balaban J connectivity index is 1.94. The number of aromatic carboxylic acids is 1. The van der Waals surface area contributed by atoms with Crippen molar-refractivity contribution in [2.45, 2.75) is 6.92 Å². The van der Waals surface area contributed by atoms with Crippen LogP contribution in [-0.4, -0.2) is 22.1 Å². The van der Waals surface area contributed by atoms with Crippen LogP contribution in [0.5, 0.6) is 0 Å². The summed E-state index contributed by atoms with van der Waals surface area (Å²) in [5.74, 6) is -1.26. The number of halogens is 1. The highest BCUT2D eigenvalue weighted by Gasteiger charge is 2.22. The molecular weight excluding hydrogens is 344 g/mol. The SMILES string of the molecule is Cc1onc(-c2ccccc2)c1C(=O)Nc1ccc(Cl)c(C(=O)O)c1. The molecule has 3 rings (SSSR count). The number of benzene rings is 2. The van der Waals surface area contributed by atoms with Crippen molar-refractivity contribution in [1.29, 1.82) is 0 Å². The van der Waals surface area contributed by atoms with Crippen LogP contribution in [0.4, 0.5) is 5.69 Å². The zero-order valence-electron chi connectivity index (χ0n) is 13.1. The van der Waals surface area contributed by atoms with Gasteiger partial charge in [0.25, 0.3) is 5.91 Å². The molecule has 25 heavy (non-hydrogen) atoms. The Kier molecular flexibility index (Phi) is 4.54. The Hall–Kier alpha value is -3.12. The average Bonchev–Trinajstić information content (AvgIpc) is 2.99. The Bertz CT molecular complexity index is 951. The maximum absolute atomic E-state index is 12.7. The van der Waals surface area contributed by atoms with E-state index in [1.54, 1.807) is 6.92 Å². The molecule has 0 radical (unpaired) electrons. The van der Waals surface area contributed by atoms with Crippen molar-refractivity contribution in [3.63, 3.8) is 0 Å². The molecule has 0 saturated heterocycles. The maximum atomic E-state index is 12.7. The van der Waals surface area contributed by atoms with Crippen molar-refractivity contribution < 1.29 is 19.2 Å². The van der Waals surface area contributed by atoms with Crippen LogP contribution in [0, 0.1) is 6.92 Å². The number of nitrogens with zero attached hydrogens (tertiary/aromatic N) is 1. The molecule has 1 amide bonds. The third-order valence-corrected chi connectivity index (χ3v) is 3.92. The standard InChI is InChI=1S/C18H13ClN2O4/c1-10-15(16(21-25-10)11-5-3-2-4-6-11)17(22)20-12-7-8-14(19)13(9-12)18(23)24/h2-9H,1H3,(H,20,22)(H,23,24). The van der Waals surface area contributed by atoms with Gasteiger partial charge in [0.2, 0.25) is 0 Å². The van der Waals surface area contributed by atoms with E-state index in [2.05, 4.69) is 10.5 Å². The predicted molar refractivity (Wildman–Crippen MR) is 93.0 cm³/mol. The number of carboxylic acid groups (broad SMARTS) is 1. The molecule has 0 spiro atoms. The highest BCUT2D eigenvalue weighted by Crippen LogP contribution is 2.27. The molecule has 0 aliphatic heterocycles. The Labute approximate surface area is 148 Å². The highest BCUT2D eigenvalue weighted by molar-refractivity contribution is 6.33. The molecule has 2 N–H and O–H groups in total. The van der Waals surface area contributed by atoms with Crippen LogP contribution >= 0.6 is 11.6 Å². The summed E-state index contributed by atoms with van der Waals surface area (Å²) in [6.45, 7) is 1.64. The van der Waals surface area contributed by atoms with Crippen LogP contribution in [0.3, 0.4) is 0 Å². The van der Waals surface area contributed by atoms with Gasteiger partial charge in [-0.3, -0.25) is 4.79 Å². The second kappa shape index (κ2) is 6.78. The van der Waals surface area contributed by atoms with Gasteiger partial charge in [0, 0.05) is 11.3 Å². The number of rotatable bonds is 4. The first-order valence-electron chi connectivity index (χ1n) is 7.33. The van der Waals surface area contributed by atoms with Crippen molar-refractivity contribution in [3.05, 3.63) is 70.4 Å². The summed E-state index contributed by atoms with van der Waals surface area (Å²) in [5.41, 5.74) is 1.67. The third-order valence-electron chi connectivity index (χ3n) is 3.59. The van der Waals surface area contributed by atoms with Crippen LogP contribution in [0.15, 0.2) is 53.1 Å². The summed E-state index contributed by atoms with van der Waals surface area (Å²) in [4.78, 5) is 23.8. The predicted octanol–water partition coefficient (Wildman–Crippen LogP) is 4.25. The highest BCUT2D eigenvalue weighted by atomic mass is 35.5. The second-order valence-corrected chi connectivity index (χ2v) is 5.69. The molecule has 1 heterocycles. The monoisotopic (exact) mass is 356 g/mol. The maximum Gasteiger partial charge on any atom is 0.337 e. The topological polar surface area (TPSA) is 92.4 Å². The first kappa shape index (κ1) is 16.7. The molecule has 6 nitrogen and oxygen atoms in total. The number of aryl methyl sites for hydroxylation is 1. The summed E-state index contributed by atoms with van der Waals surface area (Å²) >= 11 is 5.84. The third kappa shape index (κ3) is 3.39. The number of aromatic nitrogens is 1. The van der Waals surface area contributed by atoms with E-state index < -0.39 is 11.9 Å². The Morgan fingerprint density at radius 2 is 1.88 bits per heavy atom. The van der Waals surface area contributed by atoms with E-state index in [0.29, 0.717) is 17.1 Å². The molecule has 0 fully saturated rings. The number of anilines is 1. The number of hydrogen-bond donors (Lipinski definition) is 2. The van der Waals surface area contributed by atoms with E-state index in [1.165, 1.54) is 18.2 Å². The van der Waals surface area contributed by atoms with Crippen LogP contribution in [0.25, 0.3) is 11.3 Å². The van der Waals surface area contributed by atoms with Gasteiger partial charge in [0.1, 0.15) is 17.0 Å². The largest absolute Gasteiger partial charge is 0.478 e. The molecule has 3 aromatic rings. The van der Waals surface area contributed by atoms with Gasteiger partial charge < -0.3 is 14.9 Å². The van der Waals surface area contributed by atoms with Gasteiger partial charge in [-0.05, 0) is 25.1 Å². The van der Waals surface area contributed by atoms with Crippen LogP contribution in [0.2, 0.25) is 5.02 Å². The molecule has 7 heteroatoms. The van der Waals surface area contributed by atoms with E-state index in [1.807, 2.05) is 30.3 Å². The number of nitrogens with one attached hydrogen (secondary N) is 1. The van der Waals surface area contributed by atoms with E-state index in [9.17, 15) is 9.59 Å². The molecular formula is C18H13ClN2O4. The van der Waals surface area contributed by atoms with Crippen LogP contribution in [0.1, 0.15) is 26.5 Å². The van der Waals surface area contributed by atoms with Gasteiger partial charge in [-0.15, -0.1) is 0 Å². The van der Waals surface area contributed by atoms with Crippen molar-refractivity contribution in [1.82, 2.24) is 5.16 Å². The smallest absolute Gasteiger partial charge is 0.337 e. The first-order chi connectivity index (χ1) is 12.0. The number of carbonyl (C=O) groups is 2. The van der Waals surface area contributed by atoms with Crippen molar-refractivity contribution in [2.24, 2.45) is 0 Å². The zero-order valence-corrected chi connectivity index (χ0v) is 13.9. The molecule has 0 saturated carbocycles. The molecule has 0 atom stereocenters. The minimum Gasteiger partial charge on any atom is -0.478 e. The summed E-state index contributed by atoms with van der Waals surface area (Å²) in [6, 6.07) is 13.4. The van der Waals surface area contributed by atoms with Crippen molar-refractivity contribution >= 4 is 29.2 Å². The number of carboxylic acids is 1. The quantitative estimate of drug-likeness (QED) is 0.728. The lowest BCUT2D eigenvalue weighted by Crippen LogP contribution is -2.14. The van der Waals surface area contributed by atoms with Crippen LogP contribution < -0.4 is 5.32 Å². The Morgan fingerprint density at radius 1 is 1.16 bits per heavy atom. The summed E-state index contributed by atoms with van der Waals surface area (Å²) in [6.07, 6.45) is 0. The summed E-state index contributed by atoms with van der Waals surface area (Å²) < 4.78 is 5.16. The van der Waals surface area contributed by atoms with Crippen LogP contribution in [-0.2, 0) is 0 Å². The number of amides is 1. The lowest BCUT2D eigenvalue weighted by atomic mass is 10.1. The molecule has 0 bridgehead atoms. The van der Waals surface area contributed by atoms with E-state index in [-0.39, 0.29) is 16.1 Å². The number of hydrogen-bond acceptors (Lipinski definition) is 4. The normalized spacial score (nSPS) is 10.5. The van der Waals surface area contributed by atoms with E-state index in [4.69, 9.17) is 21.2 Å². The zero-order chi connectivity index (χ0) is 18.0.